The van der Waals surface area contributed by atoms with Gasteiger partial charge in [0.15, 0.2) is 0 Å². The van der Waals surface area contributed by atoms with Gasteiger partial charge in [-0.2, -0.15) is 0 Å². The summed E-state index contributed by atoms with van der Waals surface area (Å²) >= 11 is 0. The Bertz CT molecular complexity index is 570. The largest absolute Gasteiger partial charge is 0.457 e. The Balaban J connectivity index is 2.06. The van der Waals surface area contributed by atoms with Crippen molar-refractivity contribution in [3.63, 3.8) is 0 Å². The van der Waals surface area contributed by atoms with Gasteiger partial charge in [-0.3, -0.25) is 4.79 Å². The van der Waals surface area contributed by atoms with Crippen LogP contribution < -0.4 is 4.74 Å². The number of carbonyl (C=O) groups excluding carboxylic acids is 1. The van der Waals surface area contributed by atoms with E-state index in [4.69, 9.17) is 4.74 Å². The summed E-state index contributed by atoms with van der Waals surface area (Å²) in [5.74, 6) is 1.58. The summed E-state index contributed by atoms with van der Waals surface area (Å²) in [6.45, 7) is 4.10. The molecule has 2 aromatic rings. The lowest BCUT2D eigenvalue weighted by molar-refractivity contribution is 0.112. The molecule has 0 heterocycles. The van der Waals surface area contributed by atoms with E-state index in [1.54, 1.807) is 6.07 Å². The molecule has 0 aliphatic carbocycles. The third-order valence-electron chi connectivity index (χ3n) is 3.35. The van der Waals surface area contributed by atoms with Gasteiger partial charge in [-0.25, -0.2) is 0 Å². The first-order valence-corrected chi connectivity index (χ1v) is 7.05. The Hall–Kier alpha value is -2.09. The number of carbonyl (C=O) groups is 1. The molecule has 0 unspecified atom stereocenters. The fraction of sp³-hybridized carbons (Fsp3) is 0.278. The summed E-state index contributed by atoms with van der Waals surface area (Å²) in [7, 11) is 0. The van der Waals surface area contributed by atoms with Crippen LogP contribution in [0.15, 0.2) is 42.5 Å². The van der Waals surface area contributed by atoms with Crippen LogP contribution in [0.4, 0.5) is 0 Å². The third kappa shape index (κ3) is 3.70. The molecule has 0 aromatic heterocycles. The van der Waals surface area contributed by atoms with E-state index in [0.29, 0.717) is 5.56 Å². The van der Waals surface area contributed by atoms with Crippen molar-refractivity contribution in [3.05, 3.63) is 59.2 Å². The second-order valence-electron chi connectivity index (χ2n) is 4.99. The van der Waals surface area contributed by atoms with Crippen LogP contribution in [0.5, 0.6) is 11.5 Å². The van der Waals surface area contributed by atoms with Crippen molar-refractivity contribution in [1.29, 1.82) is 0 Å². The van der Waals surface area contributed by atoms with Gasteiger partial charge in [-0.1, -0.05) is 25.5 Å². The van der Waals surface area contributed by atoms with Crippen LogP contribution in [0.2, 0.25) is 0 Å². The zero-order valence-corrected chi connectivity index (χ0v) is 12.1. The van der Waals surface area contributed by atoms with Gasteiger partial charge in [-0.05, 0) is 61.2 Å². The summed E-state index contributed by atoms with van der Waals surface area (Å²) in [5, 5.41) is 0. The Morgan fingerprint density at radius 1 is 1.05 bits per heavy atom. The van der Waals surface area contributed by atoms with Gasteiger partial charge in [0.05, 0.1) is 0 Å². The second-order valence-corrected chi connectivity index (χ2v) is 4.99. The number of unbranched alkanes of at least 4 members (excludes halogenated alkanes) is 1. The Kier molecular flexibility index (Phi) is 4.94. The highest BCUT2D eigenvalue weighted by molar-refractivity contribution is 5.77. The van der Waals surface area contributed by atoms with Crippen LogP contribution >= 0.6 is 0 Å². The van der Waals surface area contributed by atoms with Crippen LogP contribution in [0.25, 0.3) is 0 Å². The summed E-state index contributed by atoms with van der Waals surface area (Å²) in [6, 6.07) is 13.7. The van der Waals surface area contributed by atoms with Crippen LogP contribution in [-0.2, 0) is 6.42 Å². The van der Waals surface area contributed by atoms with E-state index >= 15 is 0 Å². The van der Waals surface area contributed by atoms with E-state index in [0.717, 1.165) is 29.8 Å². The fourth-order valence-electron chi connectivity index (χ4n) is 2.09. The first-order valence-electron chi connectivity index (χ1n) is 7.05. The lowest BCUT2D eigenvalue weighted by atomic mass is 10.1. The van der Waals surface area contributed by atoms with Crippen molar-refractivity contribution in [1.82, 2.24) is 0 Å². The van der Waals surface area contributed by atoms with E-state index in [1.807, 2.05) is 31.2 Å². The van der Waals surface area contributed by atoms with E-state index in [-0.39, 0.29) is 0 Å². The monoisotopic (exact) mass is 268 g/mol. The molecule has 2 heteroatoms. The van der Waals surface area contributed by atoms with Crippen molar-refractivity contribution >= 4 is 6.29 Å². The summed E-state index contributed by atoms with van der Waals surface area (Å²) < 4.78 is 5.80. The maximum Gasteiger partial charge on any atom is 0.150 e. The number of hydrogen-bond acceptors (Lipinski definition) is 2. The SMILES string of the molecule is CCCCc1ccc(Oc2ccc(C=O)c(C)c2)cc1. The van der Waals surface area contributed by atoms with Crippen molar-refractivity contribution in [2.45, 2.75) is 33.1 Å². The highest BCUT2D eigenvalue weighted by Crippen LogP contribution is 2.24. The summed E-state index contributed by atoms with van der Waals surface area (Å²) in [6.07, 6.45) is 4.40. The molecule has 2 rings (SSSR count). The quantitative estimate of drug-likeness (QED) is 0.693. The van der Waals surface area contributed by atoms with Crippen molar-refractivity contribution < 1.29 is 9.53 Å². The summed E-state index contributed by atoms with van der Waals surface area (Å²) in [4.78, 5) is 10.8. The van der Waals surface area contributed by atoms with Gasteiger partial charge >= 0.3 is 0 Å². The Labute approximate surface area is 120 Å². The second kappa shape index (κ2) is 6.90. The minimum absolute atomic E-state index is 0.701. The molecule has 0 fully saturated rings. The molecule has 0 aliphatic rings. The first-order chi connectivity index (χ1) is 9.72. The minimum Gasteiger partial charge on any atom is -0.457 e. The van der Waals surface area contributed by atoms with Crippen LogP contribution in [0, 0.1) is 6.92 Å². The molecule has 2 aromatic carbocycles. The Morgan fingerprint density at radius 3 is 2.35 bits per heavy atom. The maximum atomic E-state index is 10.8. The molecular weight excluding hydrogens is 248 g/mol. The van der Waals surface area contributed by atoms with Crippen molar-refractivity contribution in [2.75, 3.05) is 0 Å². The van der Waals surface area contributed by atoms with E-state index in [1.165, 1.54) is 18.4 Å². The van der Waals surface area contributed by atoms with E-state index in [2.05, 4.69) is 19.1 Å². The predicted molar refractivity (Wildman–Crippen MR) is 81.7 cm³/mol. The lowest BCUT2D eigenvalue weighted by Crippen LogP contribution is -1.90. The Morgan fingerprint density at radius 2 is 1.75 bits per heavy atom. The molecule has 2 nitrogen and oxygen atoms in total. The first kappa shape index (κ1) is 14.3. The molecule has 0 aliphatic heterocycles. The van der Waals surface area contributed by atoms with Gasteiger partial charge in [0, 0.05) is 5.56 Å². The summed E-state index contributed by atoms with van der Waals surface area (Å²) in [5.41, 5.74) is 2.97. The minimum atomic E-state index is 0.701. The third-order valence-corrected chi connectivity index (χ3v) is 3.35. The molecule has 0 bridgehead atoms. The standard InChI is InChI=1S/C18H20O2/c1-3-4-5-15-6-9-17(10-7-15)20-18-11-8-16(13-19)14(2)12-18/h6-13H,3-5H2,1-2H3. The molecule has 0 spiro atoms. The van der Waals surface area contributed by atoms with Gasteiger partial charge in [0.2, 0.25) is 0 Å². The molecule has 0 N–H and O–H groups in total. The van der Waals surface area contributed by atoms with Gasteiger partial charge in [0.1, 0.15) is 17.8 Å². The normalized spacial score (nSPS) is 10.3. The van der Waals surface area contributed by atoms with Crippen molar-refractivity contribution in [2.24, 2.45) is 0 Å². The van der Waals surface area contributed by atoms with Gasteiger partial charge in [0.25, 0.3) is 0 Å². The van der Waals surface area contributed by atoms with Crippen LogP contribution in [0.1, 0.15) is 41.3 Å². The zero-order valence-electron chi connectivity index (χ0n) is 12.1. The highest BCUT2D eigenvalue weighted by atomic mass is 16.5. The number of aryl methyl sites for hydroxylation is 2. The molecule has 20 heavy (non-hydrogen) atoms. The molecule has 0 amide bonds. The molecule has 0 atom stereocenters. The average molecular weight is 268 g/mol. The molecule has 0 saturated carbocycles. The smallest absolute Gasteiger partial charge is 0.150 e. The highest BCUT2D eigenvalue weighted by Gasteiger charge is 2.02. The van der Waals surface area contributed by atoms with E-state index < -0.39 is 0 Å². The number of benzene rings is 2. The number of hydrogen-bond donors (Lipinski definition) is 0. The molecule has 0 radical (unpaired) electrons. The molecule has 104 valence electrons. The average Bonchev–Trinajstić information content (AvgIpc) is 2.47. The fourth-order valence-corrected chi connectivity index (χ4v) is 2.09. The van der Waals surface area contributed by atoms with Crippen molar-refractivity contribution in [3.8, 4) is 11.5 Å². The van der Waals surface area contributed by atoms with E-state index in [9.17, 15) is 4.79 Å². The predicted octanol–water partition coefficient (Wildman–Crippen LogP) is 4.94. The van der Waals surface area contributed by atoms with Crippen LogP contribution in [0.3, 0.4) is 0 Å². The number of aldehydes is 1. The molecule has 0 saturated heterocycles. The topological polar surface area (TPSA) is 26.3 Å². The molecular formula is C18H20O2. The number of rotatable bonds is 6. The maximum absolute atomic E-state index is 10.8. The lowest BCUT2D eigenvalue weighted by Gasteiger charge is -2.08. The van der Waals surface area contributed by atoms with Gasteiger partial charge < -0.3 is 4.74 Å². The number of ether oxygens (including phenoxy) is 1. The van der Waals surface area contributed by atoms with Crippen LogP contribution in [-0.4, -0.2) is 6.29 Å². The zero-order chi connectivity index (χ0) is 14.4. The van der Waals surface area contributed by atoms with Gasteiger partial charge in [-0.15, -0.1) is 0 Å².